The third-order valence-corrected chi connectivity index (χ3v) is 3.26. The molecule has 0 aromatic heterocycles. The quantitative estimate of drug-likeness (QED) is 0.479. The normalized spacial score (nSPS) is 10.1. The summed E-state index contributed by atoms with van der Waals surface area (Å²) in [5.41, 5.74) is 2.29. The van der Waals surface area contributed by atoms with Crippen molar-refractivity contribution in [1.82, 2.24) is 0 Å². The van der Waals surface area contributed by atoms with Crippen LogP contribution in [0, 0.1) is 0 Å². The highest BCUT2D eigenvalue weighted by atomic mass is 127. The molecule has 0 radical (unpaired) electrons. The Kier molecular flexibility index (Phi) is 4.25. The summed E-state index contributed by atoms with van der Waals surface area (Å²) >= 11 is 1.75. The highest BCUT2D eigenvalue weighted by Crippen LogP contribution is 2.11. The maximum Gasteiger partial charge on any atom is 0.222 e. The number of halogens is 1. The van der Waals surface area contributed by atoms with Gasteiger partial charge in [0.05, 0.1) is 0 Å². The van der Waals surface area contributed by atoms with Crippen molar-refractivity contribution < 1.29 is 9.59 Å². The van der Waals surface area contributed by atoms with E-state index in [1.165, 1.54) is 0 Å². The lowest BCUT2D eigenvalue weighted by molar-refractivity contribution is 0.0992. The molecule has 0 atom stereocenters. The molecule has 0 spiro atoms. The Morgan fingerprint density at radius 1 is 0.833 bits per heavy atom. The zero-order valence-corrected chi connectivity index (χ0v) is 11.8. The minimum Gasteiger partial charge on any atom is -0.294 e. The fourth-order valence-corrected chi connectivity index (χ4v) is 2.02. The van der Waals surface area contributed by atoms with Crippen LogP contribution < -0.4 is 0 Å². The molecule has 0 saturated heterocycles. The molecule has 2 aromatic carbocycles. The summed E-state index contributed by atoms with van der Waals surface area (Å²) in [6.07, 6.45) is 0.361. The van der Waals surface area contributed by atoms with Gasteiger partial charge in [-0.3, -0.25) is 9.59 Å². The molecule has 0 heterocycles. The van der Waals surface area contributed by atoms with Crippen LogP contribution in [0.2, 0.25) is 0 Å². The van der Waals surface area contributed by atoms with Gasteiger partial charge < -0.3 is 0 Å². The smallest absolute Gasteiger partial charge is 0.222 e. The van der Waals surface area contributed by atoms with Crippen LogP contribution in [0.1, 0.15) is 26.3 Å². The van der Waals surface area contributed by atoms with E-state index in [1.807, 2.05) is 42.5 Å². The van der Waals surface area contributed by atoms with E-state index in [0.717, 1.165) is 5.56 Å². The maximum atomic E-state index is 12.0. The zero-order chi connectivity index (χ0) is 13.0. The van der Waals surface area contributed by atoms with E-state index < -0.39 is 0 Å². The summed E-state index contributed by atoms with van der Waals surface area (Å²) in [5.74, 6) is 0.0872. The summed E-state index contributed by atoms with van der Waals surface area (Å²) in [6.45, 7) is 0. The second-order valence-electron chi connectivity index (χ2n) is 3.94. The predicted octanol–water partition coefficient (Wildman–Crippen LogP) is 3.69. The second kappa shape index (κ2) is 5.91. The topological polar surface area (TPSA) is 34.1 Å². The van der Waals surface area contributed by atoms with Crippen molar-refractivity contribution in [3.05, 3.63) is 71.3 Å². The molecule has 0 amide bonds. The minimum absolute atomic E-state index is 0.00790. The molecule has 90 valence electrons. The summed E-state index contributed by atoms with van der Waals surface area (Å²) in [4.78, 5) is 23.1. The van der Waals surface area contributed by atoms with Crippen molar-refractivity contribution in [2.45, 2.75) is 6.42 Å². The summed E-state index contributed by atoms with van der Waals surface area (Å²) in [6, 6.07) is 16.4. The molecule has 0 aliphatic rings. The van der Waals surface area contributed by atoms with Gasteiger partial charge in [0, 0.05) is 40.1 Å². The average Bonchev–Trinajstić information content (AvgIpc) is 2.40. The van der Waals surface area contributed by atoms with Gasteiger partial charge in [0.25, 0.3) is 0 Å². The van der Waals surface area contributed by atoms with E-state index in [0.29, 0.717) is 17.5 Å². The Morgan fingerprint density at radius 3 is 2.00 bits per heavy atom. The fourth-order valence-electron chi connectivity index (χ4n) is 1.67. The first-order chi connectivity index (χ1) is 8.66. The van der Waals surface area contributed by atoms with Gasteiger partial charge in [-0.15, -0.1) is 0 Å². The van der Waals surface area contributed by atoms with Crippen molar-refractivity contribution in [2.24, 2.45) is 0 Å². The van der Waals surface area contributed by atoms with Crippen LogP contribution in [0.25, 0.3) is 0 Å². The van der Waals surface area contributed by atoms with Gasteiger partial charge in [-0.05, 0) is 5.56 Å². The Balaban J connectivity index is 2.10. The number of hydrogen-bond donors (Lipinski definition) is 0. The molecule has 2 aromatic rings. The number of rotatable bonds is 4. The lowest BCUT2D eigenvalue weighted by Crippen LogP contribution is -2.03. The number of Topliss-reactive ketones (excluding diaryl/α,β-unsaturated/α-hetero) is 1. The Morgan fingerprint density at radius 2 is 1.44 bits per heavy atom. The van der Waals surface area contributed by atoms with Crippen molar-refractivity contribution in [2.75, 3.05) is 0 Å². The van der Waals surface area contributed by atoms with E-state index in [4.69, 9.17) is 0 Å². The van der Waals surface area contributed by atoms with Crippen LogP contribution in [0.15, 0.2) is 54.6 Å². The van der Waals surface area contributed by atoms with Gasteiger partial charge in [-0.2, -0.15) is 0 Å². The van der Waals surface area contributed by atoms with Crippen molar-refractivity contribution in [3.8, 4) is 0 Å². The lowest BCUT2D eigenvalue weighted by atomic mass is 10.0. The minimum atomic E-state index is 0.00790. The highest BCUT2D eigenvalue weighted by Gasteiger charge is 2.07. The molecule has 0 fully saturated rings. The predicted molar refractivity (Wildman–Crippen MR) is 79.3 cm³/mol. The lowest BCUT2D eigenvalue weighted by Gasteiger charge is -2.02. The van der Waals surface area contributed by atoms with E-state index in [1.54, 1.807) is 34.7 Å². The molecular formula is C15H11IO2. The van der Waals surface area contributed by atoms with Gasteiger partial charge in [-0.1, -0.05) is 54.6 Å². The van der Waals surface area contributed by atoms with Gasteiger partial charge in [0.15, 0.2) is 5.78 Å². The Hall–Kier alpha value is -1.49. The summed E-state index contributed by atoms with van der Waals surface area (Å²) < 4.78 is 0.00790. The maximum absolute atomic E-state index is 12.0. The van der Waals surface area contributed by atoms with Crippen LogP contribution in [0.4, 0.5) is 0 Å². The molecule has 0 aliphatic carbocycles. The van der Waals surface area contributed by atoms with Crippen LogP contribution >= 0.6 is 22.6 Å². The van der Waals surface area contributed by atoms with Crippen molar-refractivity contribution >= 4 is 32.2 Å². The Labute approximate surface area is 119 Å². The molecule has 0 unspecified atom stereocenters. The van der Waals surface area contributed by atoms with Gasteiger partial charge >= 0.3 is 0 Å². The van der Waals surface area contributed by atoms with E-state index in [-0.39, 0.29) is 9.57 Å². The molecule has 18 heavy (non-hydrogen) atoms. The molecule has 3 heteroatoms. The molecule has 0 aliphatic heterocycles. The van der Waals surface area contributed by atoms with Crippen LogP contribution in [-0.4, -0.2) is 9.57 Å². The molecule has 0 N–H and O–H groups in total. The monoisotopic (exact) mass is 350 g/mol. The van der Waals surface area contributed by atoms with Crippen molar-refractivity contribution in [3.63, 3.8) is 0 Å². The Bertz CT molecular complexity index is 559. The standard InChI is InChI=1S/C15H11IO2/c16-15(18)13-8-6-11(7-9-13)10-14(17)12-4-2-1-3-5-12/h1-9H,10H2. The van der Waals surface area contributed by atoms with Crippen molar-refractivity contribution in [1.29, 1.82) is 0 Å². The molecule has 2 nitrogen and oxygen atoms in total. The van der Waals surface area contributed by atoms with Crippen LogP contribution in [0.5, 0.6) is 0 Å². The number of ketones is 1. The number of carbonyl (C=O) groups excluding carboxylic acids is 2. The summed E-state index contributed by atoms with van der Waals surface area (Å²) in [5, 5.41) is 0. The third kappa shape index (κ3) is 3.26. The van der Waals surface area contributed by atoms with E-state index in [9.17, 15) is 9.59 Å². The molecule has 2 rings (SSSR count). The fraction of sp³-hybridized carbons (Fsp3) is 0.0667. The highest BCUT2D eigenvalue weighted by molar-refractivity contribution is 14.1. The molecule has 0 bridgehead atoms. The zero-order valence-electron chi connectivity index (χ0n) is 9.60. The average molecular weight is 350 g/mol. The van der Waals surface area contributed by atoms with Gasteiger partial charge in [0.1, 0.15) is 0 Å². The van der Waals surface area contributed by atoms with Crippen LogP contribution in [-0.2, 0) is 6.42 Å². The SMILES string of the molecule is O=C(I)c1ccc(CC(=O)c2ccccc2)cc1. The van der Waals surface area contributed by atoms with E-state index in [2.05, 4.69) is 0 Å². The largest absolute Gasteiger partial charge is 0.294 e. The first kappa shape index (κ1) is 13.0. The number of hydrogen-bond acceptors (Lipinski definition) is 2. The number of benzene rings is 2. The third-order valence-electron chi connectivity index (χ3n) is 2.64. The van der Waals surface area contributed by atoms with Crippen LogP contribution in [0.3, 0.4) is 0 Å². The van der Waals surface area contributed by atoms with Gasteiger partial charge in [-0.25, -0.2) is 0 Å². The molecular weight excluding hydrogens is 339 g/mol. The van der Waals surface area contributed by atoms with Gasteiger partial charge in [0.2, 0.25) is 3.79 Å². The first-order valence-corrected chi connectivity index (χ1v) is 6.62. The van der Waals surface area contributed by atoms with E-state index >= 15 is 0 Å². The number of carbonyl (C=O) groups is 2. The molecule has 0 saturated carbocycles. The second-order valence-corrected chi connectivity index (χ2v) is 4.92. The summed E-state index contributed by atoms with van der Waals surface area (Å²) in [7, 11) is 0. The first-order valence-electron chi connectivity index (χ1n) is 5.54.